The average molecular weight is 289 g/mol. The van der Waals surface area contributed by atoms with Gasteiger partial charge in [-0.2, -0.15) is 5.10 Å². The maximum absolute atomic E-state index is 12.2. The van der Waals surface area contributed by atoms with Gasteiger partial charge in [-0.1, -0.05) is 24.3 Å². The highest BCUT2D eigenvalue weighted by molar-refractivity contribution is 5.80. The van der Waals surface area contributed by atoms with Crippen LogP contribution >= 0.6 is 0 Å². The van der Waals surface area contributed by atoms with Gasteiger partial charge in [-0.25, -0.2) is 0 Å². The molecule has 4 heteroatoms. The smallest absolute Gasteiger partial charge is 0.251 e. The molecule has 4 aromatic rings. The summed E-state index contributed by atoms with van der Waals surface area (Å²) in [6, 6.07) is 16.0. The molecule has 0 aliphatic rings. The van der Waals surface area contributed by atoms with Gasteiger partial charge in [-0.05, 0) is 35.2 Å². The summed E-state index contributed by atoms with van der Waals surface area (Å²) in [5.41, 5.74) is 3.84. The fourth-order valence-electron chi connectivity index (χ4n) is 2.87. The zero-order valence-electron chi connectivity index (χ0n) is 12.2. The number of nitrogens with zero attached hydrogens (tertiary/aromatic N) is 2. The second-order valence-corrected chi connectivity index (χ2v) is 5.55. The van der Waals surface area contributed by atoms with Gasteiger partial charge in [-0.3, -0.25) is 9.48 Å². The van der Waals surface area contributed by atoms with Gasteiger partial charge in [-0.15, -0.1) is 0 Å². The van der Waals surface area contributed by atoms with Gasteiger partial charge >= 0.3 is 0 Å². The lowest BCUT2D eigenvalue weighted by molar-refractivity contribution is 0.797. The summed E-state index contributed by atoms with van der Waals surface area (Å²) < 4.78 is 1.85. The Labute approximate surface area is 127 Å². The first-order valence-electron chi connectivity index (χ1n) is 7.22. The number of aromatic amines is 1. The van der Waals surface area contributed by atoms with E-state index in [0.29, 0.717) is 6.42 Å². The Balaban J connectivity index is 1.78. The van der Waals surface area contributed by atoms with Crippen LogP contribution in [0.15, 0.2) is 59.5 Å². The standard InChI is InChI=1S/C18H15N3O/c1-21-17-7-6-12(9-15(17)11-19-21)8-14-10-13-4-2-3-5-16(13)20-18(14)22/h2-7,9-11H,8H2,1H3,(H,20,22). The number of rotatable bonds is 2. The van der Waals surface area contributed by atoms with Crippen molar-refractivity contribution in [3.8, 4) is 0 Å². The number of nitrogens with one attached hydrogen (secondary N) is 1. The lowest BCUT2D eigenvalue weighted by Crippen LogP contribution is -2.12. The summed E-state index contributed by atoms with van der Waals surface area (Å²) in [6.07, 6.45) is 2.47. The summed E-state index contributed by atoms with van der Waals surface area (Å²) in [5, 5.41) is 6.40. The van der Waals surface area contributed by atoms with E-state index in [1.54, 1.807) is 0 Å². The third-order valence-electron chi connectivity index (χ3n) is 4.04. The monoisotopic (exact) mass is 289 g/mol. The summed E-state index contributed by atoms with van der Waals surface area (Å²) in [4.78, 5) is 15.2. The van der Waals surface area contributed by atoms with Gasteiger partial charge in [0.05, 0.1) is 11.7 Å². The Morgan fingerprint density at radius 2 is 1.95 bits per heavy atom. The van der Waals surface area contributed by atoms with E-state index in [0.717, 1.165) is 32.9 Å². The number of fused-ring (bicyclic) bond motifs is 2. The van der Waals surface area contributed by atoms with E-state index in [1.807, 2.05) is 54.3 Å². The second kappa shape index (κ2) is 4.84. The molecule has 0 aliphatic heterocycles. The average Bonchev–Trinajstić information content (AvgIpc) is 2.89. The maximum Gasteiger partial charge on any atom is 0.251 e. The lowest BCUT2D eigenvalue weighted by atomic mass is 10.0. The van der Waals surface area contributed by atoms with Crippen LogP contribution in [0.2, 0.25) is 0 Å². The van der Waals surface area contributed by atoms with Gasteiger partial charge in [0.25, 0.3) is 5.56 Å². The van der Waals surface area contributed by atoms with Crippen molar-refractivity contribution < 1.29 is 0 Å². The number of para-hydroxylation sites is 1. The molecule has 0 fully saturated rings. The number of hydrogen-bond donors (Lipinski definition) is 1. The van der Waals surface area contributed by atoms with Crippen molar-refractivity contribution in [1.29, 1.82) is 0 Å². The highest BCUT2D eigenvalue weighted by Gasteiger charge is 2.06. The molecule has 2 aromatic heterocycles. The number of H-pyrrole nitrogens is 1. The summed E-state index contributed by atoms with van der Waals surface area (Å²) in [7, 11) is 1.93. The molecule has 0 saturated heterocycles. The number of benzene rings is 2. The Hall–Kier alpha value is -2.88. The molecule has 108 valence electrons. The third kappa shape index (κ3) is 2.09. The molecule has 0 saturated carbocycles. The lowest BCUT2D eigenvalue weighted by Gasteiger charge is -2.04. The number of pyridine rings is 1. The van der Waals surface area contributed by atoms with Crippen LogP contribution in [-0.2, 0) is 13.5 Å². The molecule has 4 nitrogen and oxygen atoms in total. The Morgan fingerprint density at radius 3 is 2.86 bits per heavy atom. The van der Waals surface area contributed by atoms with E-state index in [1.165, 1.54) is 0 Å². The van der Waals surface area contributed by atoms with E-state index in [-0.39, 0.29) is 5.56 Å². The summed E-state index contributed by atoms with van der Waals surface area (Å²) in [6.45, 7) is 0. The summed E-state index contributed by atoms with van der Waals surface area (Å²) in [5.74, 6) is 0. The van der Waals surface area contributed by atoms with Crippen LogP contribution in [0.5, 0.6) is 0 Å². The molecule has 2 aromatic carbocycles. The molecule has 0 atom stereocenters. The number of aryl methyl sites for hydroxylation is 1. The van der Waals surface area contributed by atoms with Crippen molar-refractivity contribution >= 4 is 21.8 Å². The molecule has 22 heavy (non-hydrogen) atoms. The van der Waals surface area contributed by atoms with Gasteiger partial charge < -0.3 is 4.98 Å². The van der Waals surface area contributed by atoms with Crippen LogP contribution in [-0.4, -0.2) is 14.8 Å². The van der Waals surface area contributed by atoms with Crippen LogP contribution in [0.1, 0.15) is 11.1 Å². The van der Waals surface area contributed by atoms with Gasteiger partial charge in [0.2, 0.25) is 0 Å². The van der Waals surface area contributed by atoms with E-state index in [2.05, 4.69) is 22.2 Å². The van der Waals surface area contributed by atoms with Crippen LogP contribution < -0.4 is 5.56 Å². The minimum atomic E-state index is -0.0232. The fourth-order valence-corrected chi connectivity index (χ4v) is 2.87. The molecule has 2 heterocycles. The minimum absolute atomic E-state index is 0.0232. The quantitative estimate of drug-likeness (QED) is 0.616. The van der Waals surface area contributed by atoms with E-state index in [4.69, 9.17) is 0 Å². The van der Waals surface area contributed by atoms with Gasteiger partial charge in [0, 0.05) is 29.9 Å². The molecule has 0 unspecified atom stereocenters. The van der Waals surface area contributed by atoms with Crippen molar-refractivity contribution in [2.45, 2.75) is 6.42 Å². The third-order valence-corrected chi connectivity index (χ3v) is 4.04. The largest absolute Gasteiger partial charge is 0.322 e. The van der Waals surface area contributed by atoms with E-state index in [9.17, 15) is 4.79 Å². The van der Waals surface area contributed by atoms with E-state index < -0.39 is 0 Å². The van der Waals surface area contributed by atoms with Gasteiger partial charge in [0.15, 0.2) is 0 Å². The topological polar surface area (TPSA) is 50.7 Å². The highest BCUT2D eigenvalue weighted by Crippen LogP contribution is 2.18. The van der Waals surface area contributed by atoms with Crippen LogP contribution in [0.25, 0.3) is 21.8 Å². The molecule has 1 N–H and O–H groups in total. The van der Waals surface area contributed by atoms with Crippen LogP contribution in [0, 0.1) is 0 Å². The Kier molecular flexibility index (Phi) is 2.82. The molecule has 0 aliphatic carbocycles. The Bertz CT molecular complexity index is 1040. The molecule has 0 radical (unpaired) electrons. The number of aromatic nitrogens is 3. The van der Waals surface area contributed by atoms with Crippen molar-refractivity contribution in [2.75, 3.05) is 0 Å². The van der Waals surface area contributed by atoms with Crippen LogP contribution in [0.4, 0.5) is 0 Å². The number of hydrogen-bond acceptors (Lipinski definition) is 2. The predicted molar refractivity (Wildman–Crippen MR) is 88.1 cm³/mol. The molecule has 4 rings (SSSR count). The molecule has 0 amide bonds. The zero-order valence-corrected chi connectivity index (χ0v) is 12.2. The second-order valence-electron chi connectivity index (χ2n) is 5.55. The minimum Gasteiger partial charge on any atom is -0.322 e. The molecule has 0 spiro atoms. The fraction of sp³-hybridized carbons (Fsp3) is 0.111. The molecular formula is C18H15N3O. The van der Waals surface area contributed by atoms with Crippen molar-refractivity contribution in [2.24, 2.45) is 7.05 Å². The molecule has 0 bridgehead atoms. The van der Waals surface area contributed by atoms with E-state index >= 15 is 0 Å². The van der Waals surface area contributed by atoms with Gasteiger partial charge in [0.1, 0.15) is 0 Å². The Morgan fingerprint density at radius 1 is 1.09 bits per heavy atom. The SMILES string of the molecule is Cn1ncc2cc(Cc3cc4ccccc4[nH]c3=O)ccc21. The van der Waals surface area contributed by atoms with Crippen LogP contribution in [0.3, 0.4) is 0 Å². The van der Waals surface area contributed by atoms with Crippen molar-refractivity contribution in [3.63, 3.8) is 0 Å². The van der Waals surface area contributed by atoms with Crippen molar-refractivity contribution in [1.82, 2.24) is 14.8 Å². The molecular weight excluding hydrogens is 274 g/mol. The first-order valence-corrected chi connectivity index (χ1v) is 7.22. The normalized spacial score (nSPS) is 11.3. The maximum atomic E-state index is 12.2. The summed E-state index contributed by atoms with van der Waals surface area (Å²) >= 11 is 0. The van der Waals surface area contributed by atoms with Crippen molar-refractivity contribution in [3.05, 3.63) is 76.2 Å². The first-order chi connectivity index (χ1) is 10.7. The zero-order chi connectivity index (χ0) is 15.1. The predicted octanol–water partition coefficient (Wildman–Crippen LogP) is 3.01. The highest BCUT2D eigenvalue weighted by atomic mass is 16.1. The first kappa shape index (κ1) is 12.8.